The molecule has 0 aliphatic heterocycles. The standard InChI is InChI=1S/C7H13N3S2/c1-3-5(2)4-11-7-10-9-6(8)12-7/h5H,3-4H2,1-2H3,(H2,8,9). The summed E-state index contributed by atoms with van der Waals surface area (Å²) < 4.78 is 0.979. The Hall–Kier alpha value is -0.290. The minimum absolute atomic E-state index is 0.557. The van der Waals surface area contributed by atoms with Gasteiger partial charge in [-0.2, -0.15) is 0 Å². The lowest BCUT2D eigenvalue weighted by atomic mass is 10.2. The topological polar surface area (TPSA) is 51.8 Å². The first-order chi connectivity index (χ1) is 5.72. The maximum absolute atomic E-state index is 5.45. The van der Waals surface area contributed by atoms with Gasteiger partial charge in [-0.1, -0.05) is 43.4 Å². The van der Waals surface area contributed by atoms with E-state index < -0.39 is 0 Å². The molecule has 0 fully saturated rings. The molecule has 2 N–H and O–H groups in total. The summed E-state index contributed by atoms with van der Waals surface area (Å²) in [6.45, 7) is 4.43. The fraction of sp³-hybridized carbons (Fsp3) is 0.714. The van der Waals surface area contributed by atoms with Crippen molar-refractivity contribution in [3.63, 3.8) is 0 Å². The SMILES string of the molecule is CCC(C)CSc1nnc(N)s1. The van der Waals surface area contributed by atoms with Crippen molar-refractivity contribution in [3.05, 3.63) is 0 Å². The summed E-state index contributed by atoms with van der Waals surface area (Å²) in [5, 5.41) is 8.23. The van der Waals surface area contributed by atoms with Crippen LogP contribution in [-0.4, -0.2) is 16.0 Å². The average Bonchev–Trinajstić information content (AvgIpc) is 2.47. The first kappa shape index (κ1) is 9.80. The monoisotopic (exact) mass is 203 g/mol. The lowest BCUT2D eigenvalue weighted by molar-refractivity contribution is 0.636. The maximum Gasteiger partial charge on any atom is 0.203 e. The Bertz CT molecular complexity index is 236. The second kappa shape index (κ2) is 4.67. The number of aromatic nitrogens is 2. The van der Waals surface area contributed by atoms with Crippen molar-refractivity contribution in [2.24, 2.45) is 5.92 Å². The fourth-order valence-electron chi connectivity index (χ4n) is 0.610. The summed E-state index contributed by atoms with van der Waals surface area (Å²) in [7, 11) is 0. The number of nitrogens with two attached hydrogens (primary N) is 1. The van der Waals surface area contributed by atoms with Gasteiger partial charge in [0.2, 0.25) is 5.13 Å². The van der Waals surface area contributed by atoms with Gasteiger partial charge in [0, 0.05) is 5.75 Å². The van der Waals surface area contributed by atoms with Crippen LogP contribution >= 0.6 is 23.1 Å². The number of nitrogen functional groups attached to an aromatic ring is 1. The van der Waals surface area contributed by atoms with E-state index in [4.69, 9.17) is 5.73 Å². The molecule has 0 saturated carbocycles. The van der Waals surface area contributed by atoms with Crippen LogP contribution in [0.5, 0.6) is 0 Å². The average molecular weight is 203 g/mol. The highest BCUT2D eigenvalue weighted by atomic mass is 32.2. The zero-order chi connectivity index (χ0) is 8.97. The number of nitrogens with zero attached hydrogens (tertiary/aromatic N) is 2. The lowest BCUT2D eigenvalue weighted by Crippen LogP contribution is -1.94. The van der Waals surface area contributed by atoms with Crippen LogP contribution in [-0.2, 0) is 0 Å². The van der Waals surface area contributed by atoms with Crippen LogP contribution in [0.4, 0.5) is 5.13 Å². The molecule has 0 aliphatic rings. The molecule has 3 nitrogen and oxygen atoms in total. The molecule has 0 radical (unpaired) electrons. The molecule has 0 aliphatic carbocycles. The highest BCUT2D eigenvalue weighted by molar-refractivity contribution is 8.01. The molecule has 0 bridgehead atoms. The Morgan fingerprint density at radius 1 is 1.58 bits per heavy atom. The Balaban J connectivity index is 2.33. The summed E-state index contributed by atoms with van der Waals surface area (Å²) >= 11 is 3.20. The molecule has 1 unspecified atom stereocenters. The van der Waals surface area contributed by atoms with Crippen molar-refractivity contribution in [3.8, 4) is 0 Å². The smallest absolute Gasteiger partial charge is 0.203 e. The van der Waals surface area contributed by atoms with Crippen LogP contribution in [0, 0.1) is 5.92 Å². The summed E-state index contributed by atoms with van der Waals surface area (Å²) in [5.74, 6) is 1.84. The van der Waals surface area contributed by atoms with Crippen molar-refractivity contribution in [2.75, 3.05) is 11.5 Å². The summed E-state index contributed by atoms with van der Waals surface area (Å²) in [6.07, 6.45) is 1.21. The van der Waals surface area contributed by atoms with Gasteiger partial charge in [-0.05, 0) is 5.92 Å². The number of hydrogen-bond donors (Lipinski definition) is 1. The van der Waals surface area contributed by atoms with Gasteiger partial charge in [-0.3, -0.25) is 0 Å². The van der Waals surface area contributed by atoms with E-state index in [-0.39, 0.29) is 0 Å². The normalized spacial score (nSPS) is 13.2. The maximum atomic E-state index is 5.45. The molecule has 0 saturated heterocycles. The largest absolute Gasteiger partial charge is 0.374 e. The van der Waals surface area contributed by atoms with E-state index in [1.165, 1.54) is 17.8 Å². The fourth-order valence-corrected chi connectivity index (χ4v) is 2.41. The molecule has 68 valence electrons. The van der Waals surface area contributed by atoms with E-state index in [9.17, 15) is 0 Å². The predicted molar refractivity (Wildman–Crippen MR) is 54.5 cm³/mol. The molecule has 0 aromatic carbocycles. The third-order valence-electron chi connectivity index (χ3n) is 1.61. The minimum atomic E-state index is 0.557. The second-order valence-electron chi connectivity index (χ2n) is 2.73. The highest BCUT2D eigenvalue weighted by Crippen LogP contribution is 2.25. The number of rotatable bonds is 4. The molecular weight excluding hydrogens is 190 g/mol. The molecule has 12 heavy (non-hydrogen) atoms. The zero-order valence-corrected chi connectivity index (χ0v) is 8.91. The van der Waals surface area contributed by atoms with Gasteiger partial charge in [0.15, 0.2) is 4.34 Å². The summed E-state index contributed by atoms with van der Waals surface area (Å²) in [6, 6.07) is 0. The van der Waals surface area contributed by atoms with Crippen molar-refractivity contribution < 1.29 is 0 Å². The van der Waals surface area contributed by atoms with E-state index in [2.05, 4.69) is 24.0 Å². The molecule has 1 aromatic rings. The Kier molecular flexibility index (Phi) is 3.81. The Morgan fingerprint density at radius 2 is 2.33 bits per heavy atom. The molecule has 1 rings (SSSR count). The predicted octanol–water partition coefficient (Wildman–Crippen LogP) is 2.26. The molecule has 1 aromatic heterocycles. The van der Waals surface area contributed by atoms with Gasteiger partial charge < -0.3 is 5.73 Å². The van der Waals surface area contributed by atoms with E-state index in [1.807, 2.05) is 0 Å². The molecular formula is C7H13N3S2. The minimum Gasteiger partial charge on any atom is -0.374 e. The van der Waals surface area contributed by atoms with Crippen LogP contribution in [0.3, 0.4) is 0 Å². The lowest BCUT2D eigenvalue weighted by Gasteiger charge is -2.03. The van der Waals surface area contributed by atoms with Crippen molar-refractivity contribution >= 4 is 28.2 Å². The van der Waals surface area contributed by atoms with Crippen LogP contribution in [0.2, 0.25) is 0 Å². The Labute approximate surface area is 80.8 Å². The van der Waals surface area contributed by atoms with Gasteiger partial charge in [0.1, 0.15) is 0 Å². The van der Waals surface area contributed by atoms with Crippen LogP contribution in [0.25, 0.3) is 0 Å². The second-order valence-corrected chi connectivity index (χ2v) is 5.01. The van der Waals surface area contributed by atoms with Crippen LogP contribution in [0.1, 0.15) is 20.3 Å². The molecule has 5 heteroatoms. The van der Waals surface area contributed by atoms with Crippen molar-refractivity contribution in [2.45, 2.75) is 24.6 Å². The Morgan fingerprint density at radius 3 is 2.83 bits per heavy atom. The first-order valence-electron chi connectivity index (χ1n) is 3.94. The summed E-state index contributed by atoms with van der Waals surface area (Å²) in [5.41, 5.74) is 5.45. The third-order valence-corrected chi connectivity index (χ3v) is 3.83. The van der Waals surface area contributed by atoms with Crippen LogP contribution in [0.15, 0.2) is 4.34 Å². The first-order valence-corrected chi connectivity index (χ1v) is 5.74. The van der Waals surface area contributed by atoms with Crippen molar-refractivity contribution in [1.82, 2.24) is 10.2 Å². The van der Waals surface area contributed by atoms with Gasteiger partial charge in [-0.25, -0.2) is 0 Å². The summed E-state index contributed by atoms with van der Waals surface area (Å²) in [4.78, 5) is 0. The highest BCUT2D eigenvalue weighted by Gasteiger charge is 2.04. The van der Waals surface area contributed by atoms with E-state index in [1.54, 1.807) is 11.8 Å². The number of hydrogen-bond acceptors (Lipinski definition) is 5. The third kappa shape index (κ3) is 2.98. The molecule has 0 spiro atoms. The van der Waals surface area contributed by atoms with E-state index >= 15 is 0 Å². The van der Waals surface area contributed by atoms with Gasteiger partial charge in [0.05, 0.1) is 0 Å². The van der Waals surface area contributed by atoms with Gasteiger partial charge in [-0.15, -0.1) is 10.2 Å². The molecule has 1 heterocycles. The quantitative estimate of drug-likeness (QED) is 0.763. The zero-order valence-electron chi connectivity index (χ0n) is 7.28. The number of anilines is 1. The van der Waals surface area contributed by atoms with E-state index in [0.717, 1.165) is 16.0 Å². The molecule has 0 amide bonds. The van der Waals surface area contributed by atoms with Crippen molar-refractivity contribution in [1.29, 1.82) is 0 Å². The van der Waals surface area contributed by atoms with Gasteiger partial charge >= 0.3 is 0 Å². The number of thioether (sulfide) groups is 1. The van der Waals surface area contributed by atoms with Crippen LogP contribution < -0.4 is 5.73 Å². The van der Waals surface area contributed by atoms with E-state index in [0.29, 0.717) is 5.13 Å². The molecule has 1 atom stereocenters. The van der Waals surface area contributed by atoms with Gasteiger partial charge in [0.25, 0.3) is 0 Å².